The first-order chi connectivity index (χ1) is 13.3. The maximum Gasteiger partial charge on any atom is 0.270 e. The first kappa shape index (κ1) is 20.3. The number of carbonyl (C=O) groups excluding carboxylic acids is 1. The van der Waals surface area contributed by atoms with Gasteiger partial charge in [-0.25, -0.2) is 0 Å². The van der Waals surface area contributed by atoms with Gasteiger partial charge in [-0.15, -0.1) is 0 Å². The molecule has 2 heterocycles. The Bertz CT molecular complexity index is 858. The lowest BCUT2D eigenvalue weighted by Gasteiger charge is -2.43. The number of non-ortho nitro benzene ring substituents is 1. The predicted molar refractivity (Wildman–Crippen MR) is 110 cm³/mol. The van der Waals surface area contributed by atoms with Gasteiger partial charge in [0.15, 0.2) is 0 Å². The van der Waals surface area contributed by atoms with Crippen molar-refractivity contribution in [3.63, 3.8) is 0 Å². The van der Waals surface area contributed by atoms with E-state index in [-0.39, 0.29) is 23.7 Å². The molecule has 1 aromatic carbocycles. The third-order valence-electron chi connectivity index (χ3n) is 5.95. The van der Waals surface area contributed by atoms with Gasteiger partial charge < -0.3 is 9.88 Å². The summed E-state index contributed by atoms with van der Waals surface area (Å²) in [5.41, 5.74) is 0.799. The Kier molecular flexibility index (Phi) is 6.03. The van der Waals surface area contributed by atoms with E-state index in [1.165, 1.54) is 31.4 Å². The van der Waals surface area contributed by atoms with Crippen molar-refractivity contribution in [3.05, 3.63) is 40.6 Å². The van der Waals surface area contributed by atoms with Crippen LogP contribution in [0.5, 0.6) is 0 Å². The summed E-state index contributed by atoms with van der Waals surface area (Å²) in [6, 6.07) is 6.51. The van der Waals surface area contributed by atoms with E-state index in [0.717, 1.165) is 29.9 Å². The molecule has 1 fully saturated rings. The molecule has 152 valence electrons. The van der Waals surface area contributed by atoms with Crippen LogP contribution in [0.25, 0.3) is 10.9 Å². The third-order valence-corrected chi connectivity index (χ3v) is 5.95. The van der Waals surface area contributed by atoms with E-state index < -0.39 is 4.92 Å². The van der Waals surface area contributed by atoms with Crippen LogP contribution in [0.2, 0.25) is 0 Å². The highest BCUT2D eigenvalue weighted by molar-refractivity contribution is 5.85. The average Bonchev–Trinajstić information content (AvgIpc) is 3.08. The number of likely N-dealkylation sites (tertiary alicyclic amines) is 1. The van der Waals surface area contributed by atoms with Crippen molar-refractivity contribution in [3.8, 4) is 0 Å². The molecular weight excluding hydrogens is 356 g/mol. The van der Waals surface area contributed by atoms with Crippen LogP contribution >= 0.6 is 0 Å². The topological polar surface area (TPSA) is 80.4 Å². The number of hydrogen-bond acceptors (Lipinski definition) is 4. The van der Waals surface area contributed by atoms with Gasteiger partial charge in [0.25, 0.3) is 5.69 Å². The molecule has 1 aromatic heterocycles. The highest BCUT2D eigenvalue weighted by Gasteiger charge is 2.31. The smallest absolute Gasteiger partial charge is 0.270 e. The van der Waals surface area contributed by atoms with E-state index in [2.05, 4.69) is 31.0 Å². The molecule has 0 aliphatic carbocycles. The molecule has 1 aliphatic heterocycles. The number of carbonyl (C=O) groups is 1. The number of nitrogens with zero attached hydrogens (tertiary/aromatic N) is 3. The number of benzene rings is 1. The van der Waals surface area contributed by atoms with E-state index >= 15 is 0 Å². The normalized spacial score (nSPS) is 18.3. The number of rotatable bonds is 7. The Balaban J connectivity index is 1.59. The second kappa shape index (κ2) is 8.31. The molecule has 1 aliphatic rings. The van der Waals surface area contributed by atoms with Crippen LogP contribution in [0.1, 0.15) is 40.0 Å². The second-order valence-electron chi connectivity index (χ2n) is 8.40. The van der Waals surface area contributed by atoms with Crippen molar-refractivity contribution in [2.75, 3.05) is 19.6 Å². The summed E-state index contributed by atoms with van der Waals surface area (Å²) < 4.78 is 1.83. The first-order valence-corrected chi connectivity index (χ1v) is 10.0. The first-order valence-electron chi connectivity index (χ1n) is 10.0. The monoisotopic (exact) mass is 386 g/mol. The lowest BCUT2D eigenvalue weighted by atomic mass is 9.91. The quantitative estimate of drug-likeness (QED) is 0.583. The number of nitro benzene ring substituents is 1. The Morgan fingerprint density at radius 3 is 2.86 bits per heavy atom. The minimum Gasteiger partial charge on any atom is -0.353 e. The van der Waals surface area contributed by atoms with Crippen molar-refractivity contribution >= 4 is 22.5 Å². The Morgan fingerprint density at radius 1 is 1.36 bits per heavy atom. The van der Waals surface area contributed by atoms with Crippen molar-refractivity contribution in [2.45, 2.75) is 52.1 Å². The molecular formula is C21H30N4O3. The fraction of sp³-hybridized carbons (Fsp3) is 0.571. The van der Waals surface area contributed by atoms with E-state index in [9.17, 15) is 14.9 Å². The maximum absolute atomic E-state index is 12.5. The van der Waals surface area contributed by atoms with Crippen LogP contribution in [-0.2, 0) is 11.3 Å². The molecule has 1 amide bonds. The van der Waals surface area contributed by atoms with Gasteiger partial charge in [0.05, 0.1) is 4.92 Å². The van der Waals surface area contributed by atoms with Gasteiger partial charge in [0.1, 0.15) is 6.54 Å². The summed E-state index contributed by atoms with van der Waals surface area (Å²) in [6.45, 7) is 9.62. The standard InChI is InChI=1S/C21H30N4O3/c1-4-16-6-5-10-24(13-16)21(2,3)15-22-20(26)14-23-11-9-17-12-18(25(27)28)7-8-19(17)23/h7-9,11-12,16H,4-6,10,13-15H2,1-3H3,(H,22,26). The van der Waals surface area contributed by atoms with Gasteiger partial charge >= 0.3 is 0 Å². The van der Waals surface area contributed by atoms with Crippen LogP contribution in [0, 0.1) is 16.0 Å². The molecule has 0 saturated carbocycles. The number of fused-ring (bicyclic) bond motifs is 1. The summed E-state index contributed by atoms with van der Waals surface area (Å²) >= 11 is 0. The molecule has 28 heavy (non-hydrogen) atoms. The minimum atomic E-state index is -0.407. The van der Waals surface area contributed by atoms with E-state index in [4.69, 9.17) is 0 Å². The third kappa shape index (κ3) is 4.52. The van der Waals surface area contributed by atoms with Crippen LogP contribution in [0.4, 0.5) is 5.69 Å². The van der Waals surface area contributed by atoms with Crippen molar-refractivity contribution < 1.29 is 9.72 Å². The molecule has 1 unspecified atom stereocenters. The fourth-order valence-corrected chi connectivity index (χ4v) is 4.02. The van der Waals surface area contributed by atoms with Gasteiger partial charge in [-0.2, -0.15) is 0 Å². The van der Waals surface area contributed by atoms with Gasteiger partial charge in [-0.05, 0) is 51.3 Å². The fourth-order valence-electron chi connectivity index (χ4n) is 4.02. The van der Waals surface area contributed by atoms with Crippen molar-refractivity contribution in [1.82, 2.24) is 14.8 Å². The molecule has 0 radical (unpaired) electrons. The van der Waals surface area contributed by atoms with Gasteiger partial charge in [0.2, 0.25) is 5.91 Å². The number of amides is 1. The van der Waals surface area contributed by atoms with Crippen molar-refractivity contribution in [2.24, 2.45) is 5.92 Å². The second-order valence-corrected chi connectivity index (χ2v) is 8.40. The van der Waals surface area contributed by atoms with E-state index in [0.29, 0.717) is 6.54 Å². The average molecular weight is 386 g/mol. The number of piperidine rings is 1. The molecule has 7 nitrogen and oxygen atoms in total. The summed E-state index contributed by atoms with van der Waals surface area (Å²) in [5, 5.41) is 14.8. The van der Waals surface area contributed by atoms with Gasteiger partial charge in [0, 0.05) is 47.9 Å². The molecule has 1 N–H and O–H groups in total. The van der Waals surface area contributed by atoms with E-state index in [1.807, 2.05) is 4.57 Å². The Morgan fingerprint density at radius 2 is 2.14 bits per heavy atom. The molecule has 1 saturated heterocycles. The highest BCUT2D eigenvalue weighted by atomic mass is 16.6. The predicted octanol–water partition coefficient (Wildman–Crippen LogP) is 3.57. The summed E-state index contributed by atoms with van der Waals surface area (Å²) in [6.07, 6.45) is 5.53. The summed E-state index contributed by atoms with van der Waals surface area (Å²) in [5.74, 6) is 0.701. The van der Waals surface area contributed by atoms with Gasteiger partial charge in [-0.1, -0.05) is 13.3 Å². The van der Waals surface area contributed by atoms with E-state index in [1.54, 1.807) is 18.3 Å². The Hall–Kier alpha value is -2.41. The lowest BCUT2D eigenvalue weighted by molar-refractivity contribution is -0.384. The molecule has 0 spiro atoms. The number of aromatic nitrogens is 1. The zero-order chi connectivity index (χ0) is 20.3. The molecule has 0 bridgehead atoms. The summed E-state index contributed by atoms with van der Waals surface area (Å²) in [7, 11) is 0. The zero-order valence-electron chi connectivity index (χ0n) is 17.0. The number of hydrogen-bond donors (Lipinski definition) is 1. The zero-order valence-corrected chi connectivity index (χ0v) is 17.0. The van der Waals surface area contributed by atoms with Crippen LogP contribution in [0.15, 0.2) is 30.5 Å². The van der Waals surface area contributed by atoms with Gasteiger partial charge in [-0.3, -0.25) is 19.8 Å². The molecule has 7 heteroatoms. The largest absolute Gasteiger partial charge is 0.353 e. The maximum atomic E-state index is 12.5. The minimum absolute atomic E-state index is 0.0482. The number of nitro groups is 1. The summed E-state index contributed by atoms with van der Waals surface area (Å²) in [4.78, 5) is 25.5. The SMILES string of the molecule is CCC1CCCN(C(C)(C)CNC(=O)Cn2ccc3cc([N+](=O)[O-])ccc32)C1. The number of nitrogens with one attached hydrogen (secondary N) is 1. The van der Waals surface area contributed by atoms with Crippen LogP contribution < -0.4 is 5.32 Å². The van der Waals surface area contributed by atoms with Crippen LogP contribution in [0.3, 0.4) is 0 Å². The highest BCUT2D eigenvalue weighted by Crippen LogP contribution is 2.25. The molecule has 3 rings (SSSR count). The molecule has 1 atom stereocenters. The Labute approximate surface area is 165 Å². The van der Waals surface area contributed by atoms with Crippen molar-refractivity contribution in [1.29, 1.82) is 0 Å². The van der Waals surface area contributed by atoms with Crippen LogP contribution in [-0.4, -0.2) is 45.5 Å². The molecule has 2 aromatic rings. The lowest BCUT2D eigenvalue weighted by Crippen LogP contribution is -2.55.